The maximum atomic E-state index is 13.9. The van der Waals surface area contributed by atoms with Gasteiger partial charge in [0.2, 0.25) is 53.2 Å². The van der Waals surface area contributed by atoms with E-state index in [9.17, 15) is 68.1 Å². The molecule has 0 bridgehead atoms. The monoisotopic (exact) mass is 949 g/mol. The minimum Gasteiger partial charge on any atom is -0.481 e. The Balaban J connectivity index is 1.50. The van der Waals surface area contributed by atoms with Crippen LogP contribution < -0.4 is 49.1 Å². The number of hydrogen-bond donors (Lipinski definition) is 13. The highest BCUT2D eigenvalue weighted by atomic mass is 16.4. The number of aliphatic hydroxyl groups excluding tert-OH is 1. The van der Waals surface area contributed by atoms with Gasteiger partial charge in [-0.2, -0.15) is 0 Å². The van der Waals surface area contributed by atoms with Gasteiger partial charge in [0.1, 0.15) is 36.3 Å². The summed E-state index contributed by atoms with van der Waals surface area (Å²) in [5, 5.41) is 44.4. The van der Waals surface area contributed by atoms with Crippen LogP contribution >= 0.6 is 0 Å². The molecular formula is C43H55N11O14. The second-order valence-corrected chi connectivity index (χ2v) is 16.1. The fraction of sp³-hybridized carbons (Fsp3) is 0.419. The number of hydrogen-bond acceptors (Lipinski definition) is 13. The van der Waals surface area contributed by atoms with Crippen molar-refractivity contribution >= 4 is 76.0 Å². The smallest absolute Gasteiger partial charge is 0.326 e. The first kappa shape index (κ1) is 52.7. The number of aliphatic hydroxyl groups is 1. The highest BCUT2D eigenvalue weighted by molar-refractivity contribution is 5.99. The van der Waals surface area contributed by atoms with Crippen molar-refractivity contribution < 1.29 is 68.1 Å². The number of carboxylic acids is 2. The number of para-hydroxylation sites is 1. The summed E-state index contributed by atoms with van der Waals surface area (Å²) in [6.07, 6.45) is -2.48. The summed E-state index contributed by atoms with van der Waals surface area (Å²) in [5.74, 6) is -12.1. The molecule has 2 aromatic carbocycles. The molecule has 25 nitrogen and oxygen atoms in total. The maximum Gasteiger partial charge on any atom is 0.326 e. The highest BCUT2D eigenvalue weighted by Crippen LogP contribution is 2.21. The lowest BCUT2D eigenvalue weighted by Crippen LogP contribution is -2.60. The lowest BCUT2D eigenvalue weighted by Gasteiger charge is -2.30. The van der Waals surface area contributed by atoms with E-state index in [1.807, 2.05) is 0 Å². The van der Waals surface area contributed by atoms with Gasteiger partial charge in [-0.1, -0.05) is 48.5 Å². The quantitative estimate of drug-likeness (QED) is 0.0381. The van der Waals surface area contributed by atoms with Crippen molar-refractivity contribution in [2.45, 2.75) is 100 Å². The van der Waals surface area contributed by atoms with Crippen LogP contribution in [-0.2, 0) is 65.6 Å². The van der Waals surface area contributed by atoms with Crippen LogP contribution in [0.1, 0.15) is 50.2 Å². The van der Waals surface area contributed by atoms with Gasteiger partial charge in [0.05, 0.1) is 38.0 Å². The number of aliphatic carboxylic acids is 2. The van der Waals surface area contributed by atoms with Gasteiger partial charge in [0.25, 0.3) is 0 Å². The van der Waals surface area contributed by atoms with Crippen molar-refractivity contribution in [3.05, 3.63) is 71.9 Å². The van der Waals surface area contributed by atoms with Crippen LogP contribution in [0.2, 0.25) is 0 Å². The molecule has 16 N–H and O–H groups in total. The number of rotatable bonds is 25. The zero-order valence-corrected chi connectivity index (χ0v) is 36.8. The standard InChI is InChI=1S/C43H55N11O14/c1-21(55)36(41(65)52-30(43(67)68)14-22-8-3-2-4-9-22)53-34(58)20-48-38(62)27(15-23-19-47-26-11-6-5-10-24(23)26)49-39(63)28(18-35(59)60)50-40(64)31-12-7-13-54(31)42(66)29(17-33(46)57)51-37(61)25(44)16-32(45)56/h2-6,8-11,19,21,25,27-31,36,47,55H,7,12-18,20,44H2,1H3,(H2,45,56)(H2,46,57)(H,48,62)(H,49,63)(H,50,64)(H,51,61)(H,52,65)(H,53,58)(H,59,60)(H,67,68)/t21-,25+,27+,28+,29+,30+,31+,36+/m1/s1. The lowest BCUT2D eigenvalue weighted by atomic mass is 10.0. The number of fused-ring (bicyclic) bond motifs is 1. The van der Waals surface area contributed by atoms with Crippen molar-refractivity contribution in [1.82, 2.24) is 41.8 Å². The van der Waals surface area contributed by atoms with E-state index in [0.29, 0.717) is 22.0 Å². The molecule has 68 heavy (non-hydrogen) atoms. The van der Waals surface area contributed by atoms with E-state index in [4.69, 9.17) is 17.2 Å². The van der Waals surface area contributed by atoms with Crippen LogP contribution in [0, 0.1) is 0 Å². The molecule has 366 valence electrons. The van der Waals surface area contributed by atoms with Crippen LogP contribution in [0.3, 0.4) is 0 Å². The highest BCUT2D eigenvalue weighted by Gasteiger charge is 2.40. The number of H-pyrrole nitrogens is 1. The topological polar surface area (TPSA) is 418 Å². The van der Waals surface area contributed by atoms with E-state index in [0.717, 1.165) is 4.90 Å². The summed E-state index contributed by atoms with van der Waals surface area (Å²) in [6.45, 7) is 0.257. The van der Waals surface area contributed by atoms with Gasteiger partial charge in [-0.15, -0.1) is 0 Å². The van der Waals surface area contributed by atoms with Crippen molar-refractivity contribution in [3.63, 3.8) is 0 Å². The minimum atomic E-state index is -1.87. The number of benzene rings is 2. The summed E-state index contributed by atoms with van der Waals surface area (Å²) < 4.78 is 0. The van der Waals surface area contributed by atoms with Gasteiger partial charge >= 0.3 is 11.9 Å². The summed E-state index contributed by atoms with van der Waals surface area (Å²) in [6, 6.07) is 4.27. The molecule has 0 radical (unpaired) electrons. The Bertz CT molecular complexity index is 2380. The Morgan fingerprint density at radius 1 is 0.721 bits per heavy atom. The molecule has 0 unspecified atom stereocenters. The zero-order chi connectivity index (χ0) is 50.2. The molecule has 3 aromatic rings. The molecule has 1 saturated heterocycles. The Kier molecular flexibility index (Phi) is 19.0. The van der Waals surface area contributed by atoms with Gasteiger partial charge in [0, 0.05) is 36.5 Å². The van der Waals surface area contributed by atoms with Crippen molar-refractivity contribution in [2.75, 3.05) is 13.1 Å². The number of primary amides is 2. The third kappa shape index (κ3) is 15.3. The van der Waals surface area contributed by atoms with Crippen molar-refractivity contribution in [3.8, 4) is 0 Å². The molecule has 0 saturated carbocycles. The lowest BCUT2D eigenvalue weighted by molar-refractivity contribution is -0.144. The number of aromatic amines is 1. The van der Waals surface area contributed by atoms with Crippen LogP contribution in [0.5, 0.6) is 0 Å². The predicted molar refractivity (Wildman–Crippen MR) is 237 cm³/mol. The third-order valence-electron chi connectivity index (χ3n) is 10.8. The first-order valence-electron chi connectivity index (χ1n) is 21.3. The molecule has 1 fully saturated rings. The fourth-order valence-electron chi connectivity index (χ4n) is 7.38. The normalized spacial score (nSPS) is 16.3. The molecule has 1 aliphatic rings. The van der Waals surface area contributed by atoms with Crippen LogP contribution in [0.15, 0.2) is 60.8 Å². The number of carboxylic acid groups (broad SMARTS) is 2. The summed E-state index contributed by atoms with van der Waals surface area (Å²) in [5.41, 5.74) is 17.8. The van der Waals surface area contributed by atoms with Gasteiger partial charge < -0.3 is 74.3 Å². The van der Waals surface area contributed by atoms with Gasteiger partial charge in [-0.05, 0) is 37.0 Å². The maximum absolute atomic E-state index is 13.9. The van der Waals surface area contributed by atoms with E-state index in [-0.39, 0.29) is 32.2 Å². The van der Waals surface area contributed by atoms with E-state index < -0.39 is 139 Å². The molecule has 4 rings (SSSR count). The van der Waals surface area contributed by atoms with Gasteiger partial charge in [-0.25, -0.2) is 4.79 Å². The largest absolute Gasteiger partial charge is 0.481 e. The van der Waals surface area contributed by atoms with Gasteiger partial charge in [-0.3, -0.25) is 47.9 Å². The molecule has 2 heterocycles. The average molecular weight is 950 g/mol. The van der Waals surface area contributed by atoms with E-state index in [2.05, 4.69) is 36.9 Å². The summed E-state index contributed by atoms with van der Waals surface area (Å²) in [7, 11) is 0. The van der Waals surface area contributed by atoms with Crippen molar-refractivity contribution in [2.24, 2.45) is 17.2 Å². The second-order valence-electron chi connectivity index (χ2n) is 16.1. The number of carbonyl (C=O) groups is 11. The molecule has 25 heteroatoms. The number of nitrogens with zero attached hydrogens (tertiary/aromatic N) is 1. The van der Waals surface area contributed by atoms with Crippen LogP contribution in [-0.4, -0.2) is 152 Å². The van der Waals surface area contributed by atoms with E-state index in [1.54, 1.807) is 60.8 Å². The number of nitrogens with one attached hydrogen (secondary N) is 7. The SMILES string of the molecule is C[C@@H](O)[C@H](NC(=O)CNC(=O)[C@H](Cc1c[nH]c2ccccc12)NC(=O)[C@H](CC(=O)O)NC(=O)[C@@H]1CCCN1C(=O)[C@H](CC(N)=O)NC(=O)[C@@H](N)CC(N)=O)C(=O)N[C@@H](Cc1ccccc1)C(=O)O. The minimum absolute atomic E-state index is 0.00350. The van der Waals surface area contributed by atoms with Crippen LogP contribution in [0.25, 0.3) is 10.9 Å². The number of nitrogens with two attached hydrogens (primary N) is 3. The molecular weight excluding hydrogens is 895 g/mol. The molecule has 8 atom stereocenters. The summed E-state index contributed by atoms with van der Waals surface area (Å²) >= 11 is 0. The average Bonchev–Trinajstić information content (AvgIpc) is 3.94. The molecule has 1 aromatic heterocycles. The zero-order valence-electron chi connectivity index (χ0n) is 36.8. The number of aromatic nitrogens is 1. The van der Waals surface area contributed by atoms with Crippen LogP contribution in [0.4, 0.5) is 0 Å². The molecule has 9 amide bonds. The van der Waals surface area contributed by atoms with E-state index in [1.165, 1.54) is 6.92 Å². The number of likely N-dealkylation sites (tertiary alicyclic amines) is 1. The number of amides is 9. The molecule has 1 aliphatic heterocycles. The number of carbonyl (C=O) groups excluding carboxylic acids is 9. The van der Waals surface area contributed by atoms with Gasteiger partial charge in [0.15, 0.2) is 0 Å². The fourth-order valence-corrected chi connectivity index (χ4v) is 7.38. The first-order chi connectivity index (χ1) is 32.1. The first-order valence-corrected chi connectivity index (χ1v) is 21.3. The Morgan fingerprint density at radius 2 is 1.35 bits per heavy atom. The Labute approximate surface area is 387 Å². The second kappa shape index (κ2) is 24.6. The van der Waals surface area contributed by atoms with E-state index >= 15 is 0 Å². The van der Waals surface area contributed by atoms with Crippen molar-refractivity contribution in [1.29, 1.82) is 0 Å². The summed E-state index contributed by atoms with van der Waals surface area (Å²) in [4.78, 5) is 145. The Hall–Kier alpha value is -7.93. The molecule has 0 aliphatic carbocycles. The third-order valence-corrected chi connectivity index (χ3v) is 10.8. The predicted octanol–water partition coefficient (Wildman–Crippen LogP) is -4.50. The molecule has 0 spiro atoms. The Morgan fingerprint density at radius 3 is 1.99 bits per heavy atom.